The first-order valence-corrected chi connectivity index (χ1v) is 18.1. The SMILES string of the molecule is CO[C@H](CC(=O)N1CCC[C@H]1[C@H](OC)[C@@H](C)C(=O)NCC(=O)NCC[C@@H]1C[C@H]1C)C[C@H](C)[C@@H](C)N(C)C(=O)CNC(=O)[C@H](C(C)C)N(C)C. The van der Waals surface area contributed by atoms with Crippen LogP contribution in [0.15, 0.2) is 0 Å². The van der Waals surface area contributed by atoms with Crippen molar-refractivity contribution in [1.29, 1.82) is 0 Å². The Kier molecular flexibility index (Phi) is 17.5. The molecule has 0 aromatic rings. The third-order valence-electron chi connectivity index (χ3n) is 10.8. The third kappa shape index (κ3) is 12.8. The molecule has 5 amide bonds. The highest BCUT2D eigenvalue weighted by atomic mass is 16.5. The standard InChI is InChI=1S/C36H66N6O7/c1-22(2)33(40(7)8)36(47)39-21-32(45)41(9)26(6)23(3)18-28(48-10)19-31(44)42-16-12-13-29(42)34(49-11)25(5)35(46)38-20-30(43)37-15-14-27-17-24(27)4/h22-29,33-34H,12-21H2,1-11H3,(H,37,43)(H,38,46)(H,39,47)/t23-,24+,25+,26+,27+,28-,29-,33-,34+/m0/s1. The number of likely N-dealkylation sites (N-methyl/N-ethyl adjacent to an activating group) is 2. The summed E-state index contributed by atoms with van der Waals surface area (Å²) in [5.41, 5.74) is 0. The summed E-state index contributed by atoms with van der Waals surface area (Å²) in [6, 6.07) is -0.761. The zero-order valence-electron chi connectivity index (χ0n) is 32.0. The fraction of sp³-hybridized carbons (Fsp3) is 0.861. The van der Waals surface area contributed by atoms with Gasteiger partial charge in [0, 0.05) is 40.4 Å². The van der Waals surface area contributed by atoms with Gasteiger partial charge in [0.2, 0.25) is 29.5 Å². The van der Waals surface area contributed by atoms with E-state index in [9.17, 15) is 24.0 Å². The van der Waals surface area contributed by atoms with Crippen molar-refractivity contribution in [2.45, 2.75) is 110 Å². The van der Waals surface area contributed by atoms with E-state index in [1.807, 2.05) is 46.7 Å². The summed E-state index contributed by atoms with van der Waals surface area (Å²) in [4.78, 5) is 69.9. The third-order valence-corrected chi connectivity index (χ3v) is 10.8. The van der Waals surface area contributed by atoms with Crippen LogP contribution in [-0.4, -0.2) is 136 Å². The maximum atomic E-state index is 13.6. The number of methoxy groups -OCH3 is 2. The number of amides is 5. The molecule has 0 spiro atoms. The number of nitrogens with one attached hydrogen (secondary N) is 3. The first-order chi connectivity index (χ1) is 23.0. The minimum absolute atomic E-state index is 0.00636. The molecule has 49 heavy (non-hydrogen) atoms. The maximum Gasteiger partial charge on any atom is 0.241 e. The van der Waals surface area contributed by atoms with Gasteiger partial charge in [0.05, 0.1) is 49.7 Å². The summed E-state index contributed by atoms with van der Waals surface area (Å²) in [6.07, 6.45) is 3.50. The number of hydrogen-bond acceptors (Lipinski definition) is 8. The Morgan fingerprint density at radius 3 is 2.08 bits per heavy atom. The number of nitrogens with zero attached hydrogens (tertiary/aromatic N) is 3. The number of carbonyl (C=O) groups is 5. The molecule has 0 aromatic carbocycles. The lowest BCUT2D eigenvalue weighted by atomic mass is 9.93. The fourth-order valence-corrected chi connectivity index (χ4v) is 7.20. The number of hydrogen-bond donors (Lipinski definition) is 3. The average Bonchev–Trinajstić information content (AvgIpc) is 3.53. The minimum atomic E-state index is -0.570. The van der Waals surface area contributed by atoms with Gasteiger partial charge in [0.1, 0.15) is 0 Å². The van der Waals surface area contributed by atoms with Gasteiger partial charge in [0.15, 0.2) is 0 Å². The first-order valence-electron chi connectivity index (χ1n) is 18.1. The van der Waals surface area contributed by atoms with E-state index in [0.29, 0.717) is 31.8 Å². The van der Waals surface area contributed by atoms with Crippen molar-refractivity contribution in [2.75, 3.05) is 61.5 Å². The molecule has 282 valence electrons. The van der Waals surface area contributed by atoms with Gasteiger partial charge in [-0.2, -0.15) is 0 Å². The Balaban J connectivity index is 1.89. The molecule has 1 saturated carbocycles. The van der Waals surface area contributed by atoms with Crippen molar-refractivity contribution in [2.24, 2.45) is 29.6 Å². The molecule has 1 heterocycles. The largest absolute Gasteiger partial charge is 0.381 e. The van der Waals surface area contributed by atoms with Gasteiger partial charge >= 0.3 is 0 Å². The number of carbonyl (C=O) groups excluding carboxylic acids is 5. The van der Waals surface area contributed by atoms with Gasteiger partial charge < -0.3 is 35.2 Å². The molecule has 1 aliphatic carbocycles. The zero-order valence-corrected chi connectivity index (χ0v) is 32.0. The van der Waals surface area contributed by atoms with Gasteiger partial charge in [-0.15, -0.1) is 0 Å². The number of rotatable bonds is 21. The Labute approximate surface area is 294 Å². The molecule has 3 N–H and O–H groups in total. The van der Waals surface area contributed by atoms with Crippen molar-refractivity contribution in [3.63, 3.8) is 0 Å². The topological polar surface area (TPSA) is 150 Å². The summed E-state index contributed by atoms with van der Waals surface area (Å²) in [5.74, 6) is 0.0328. The molecule has 2 fully saturated rings. The molecule has 1 saturated heterocycles. The normalized spacial score (nSPS) is 22.6. The summed E-state index contributed by atoms with van der Waals surface area (Å²) in [5, 5.41) is 8.41. The highest BCUT2D eigenvalue weighted by Crippen LogP contribution is 2.40. The molecule has 13 nitrogen and oxygen atoms in total. The predicted octanol–water partition coefficient (Wildman–Crippen LogP) is 1.89. The lowest BCUT2D eigenvalue weighted by Crippen LogP contribution is -2.51. The fourth-order valence-electron chi connectivity index (χ4n) is 7.20. The van der Waals surface area contributed by atoms with E-state index in [1.165, 1.54) is 6.42 Å². The van der Waals surface area contributed by atoms with E-state index in [0.717, 1.165) is 18.8 Å². The summed E-state index contributed by atoms with van der Waals surface area (Å²) >= 11 is 0. The molecule has 0 radical (unpaired) electrons. The van der Waals surface area contributed by atoms with Crippen LogP contribution in [0, 0.1) is 29.6 Å². The van der Waals surface area contributed by atoms with Crippen LogP contribution >= 0.6 is 0 Å². The van der Waals surface area contributed by atoms with Crippen LogP contribution in [-0.2, 0) is 33.4 Å². The van der Waals surface area contributed by atoms with Crippen LogP contribution < -0.4 is 16.0 Å². The molecule has 2 aliphatic rings. The Hall–Kier alpha value is -2.77. The number of likely N-dealkylation sites (tertiary alicyclic amines) is 1. The summed E-state index contributed by atoms with van der Waals surface area (Å²) in [6.45, 7) is 12.9. The molecular formula is C36H66N6O7. The summed E-state index contributed by atoms with van der Waals surface area (Å²) < 4.78 is 11.6. The van der Waals surface area contributed by atoms with E-state index in [1.54, 1.807) is 38.0 Å². The molecule has 1 aliphatic heterocycles. The van der Waals surface area contributed by atoms with Crippen LogP contribution in [0.3, 0.4) is 0 Å². The van der Waals surface area contributed by atoms with Crippen molar-refractivity contribution >= 4 is 29.5 Å². The van der Waals surface area contributed by atoms with Crippen molar-refractivity contribution in [3.8, 4) is 0 Å². The lowest BCUT2D eigenvalue weighted by molar-refractivity contribution is -0.142. The van der Waals surface area contributed by atoms with Gasteiger partial charge in [0.25, 0.3) is 0 Å². The van der Waals surface area contributed by atoms with Crippen LogP contribution in [0.5, 0.6) is 0 Å². The monoisotopic (exact) mass is 694 g/mol. The molecule has 9 atom stereocenters. The summed E-state index contributed by atoms with van der Waals surface area (Å²) in [7, 11) is 8.56. The molecule has 0 aromatic heterocycles. The Morgan fingerprint density at radius 2 is 1.53 bits per heavy atom. The van der Waals surface area contributed by atoms with Gasteiger partial charge in [-0.3, -0.25) is 28.9 Å². The quantitative estimate of drug-likeness (QED) is 0.165. The van der Waals surface area contributed by atoms with Crippen LogP contribution in [0.25, 0.3) is 0 Å². The number of ether oxygens (including phenoxy) is 2. The average molecular weight is 695 g/mol. The van der Waals surface area contributed by atoms with E-state index in [2.05, 4.69) is 22.9 Å². The van der Waals surface area contributed by atoms with E-state index >= 15 is 0 Å². The van der Waals surface area contributed by atoms with Gasteiger partial charge in [-0.25, -0.2) is 0 Å². The van der Waals surface area contributed by atoms with Crippen molar-refractivity contribution in [1.82, 2.24) is 30.7 Å². The second-order valence-electron chi connectivity index (χ2n) is 15.0. The minimum Gasteiger partial charge on any atom is -0.381 e. The van der Waals surface area contributed by atoms with Gasteiger partial charge in [-0.05, 0) is 76.8 Å². The first kappa shape index (κ1) is 42.4. The smallest absolute Gasteiger partial charge is 0.241 e. The highest BCUT2D eigenvalue weighted by molar-refractivity contribution is 5.88. The maximum absolute atomic E-state index is 13.6. The Bertz CT molecular complexity index is 1100. The van der Waals surface area contributed by atoms with Crippen LogP contribution in [0.2, 0.25) is 0 Å². The molecule has 0 unspecified atom stereocenters. The Morgan fingerprint density at radius 1 is 0.898 bits per heavy atom. The lowest BCUT2D eigenvalue weighted by Gasteiger charge is -2.35. The van der Waals surface area contributed by atoms with Crippen LogP contribution in [0.1, 0.15) is 80.1 Å². The zero-order chi connectivity index (χ0) is 37.0. The van der Waals surface area contributed by atoms with E-state index < -0.39 is 12.0 Å². The van der Waals surface area contributed by atoms with Crippen LogP contribution in [0.4, 0.5) is 0 Å². The van der Waals surface area contributed by atoms with E-state index in [4.69, 9.17) is 9.47 Å². The van der Waals surface area contributed by atoms with Crippen molar-refractivity contribution in [3.05, 3.63) is 0 Å². The molecule has 2 rings (SSSR count). The highest BCUT2D eigenvalue weighted by Gasteiger charge is 2.40. The van der Waals surface area contributed by atoms with Crippen molar-refractivity contribution < 1.29 is 33.4 Å². The second kappa shape index (κ2) is 20.2. The molecule has 0 bridgehead atoms. The predicted molar refractivity (Wildman–Crippen MR) is 189 cm³/mol. The van der Waals surface area contributed by atoms with E-state index in [-0.39, 0.29) is 85.1 Å². The van der Waals surface area contributed by atoms with Gasteiger partial charge in [-0.1, -0.05) is 34.6 Å². The molecular weight excluding hydrogens is 628 g/mol. The second-order valence-corrected chi connectivity index (χ2v) is 15.0. The molecule has 13 heteroatoms.